The number of hydrogen-bond donors (Lipinski definition) is 2. The number of aromatic hydroxyl groups is 1. The molecule has 0 atom stereocenters. The van der Waals surface area contributed by atoms with Gasteiger partial charge in [-0.3, -0.25) is 5.43 Å². The highest BCUT2D eigenvalue weighted by Gasteiger charge is 2.12. The van der Waals surface area contributed by atoms with E-state index < -0.39 is 0 Å². The maximum atomic E-state index is 10.00. The number of benzene rings is 2. The minimum Gasteiger partial charge on any atom is -0.507 e. The van der Waals surface area contributed by atoms with E-state index in [1.165, 1.54) is 35.3 Å². The molecule has 0 saturated heterocycles. The quantitative estimate of drug-likeness (QED) is 0.462. The molecule has 4 nitrogen and oxygen atoms in total. The Morgan fingerprint density at radius 3 is 2.92 bits per heavy atom. The molecule has 0 aliphatic heterocycles. The zero-order valence-corrected chi connectivity index (χ0v) is 15.9. The highest BCUT2D eigenvalue weighted by atomic mass is 35.5. The number of phenolic OH excluding ortho intramolecular Hbond substituents is 1. The SMILES string of the molecule is CC(=NNc1nc(-c2cc(Cl)ccc2O)cs1)c1ccc2c(c1)CCC2. The van der Waals surface area contributed by atoms with Gasteiger partial charge in [0.1, 0.15) is 5.75 Å². The molecule has 0 fully saturated rings. The molecule has 2 aromatic carbocycles. The first kappa shape index (κ1) is 17.1. The Kier molecular flexibility index (Phi) is 4.66. The number of nitrogens with one attached hydrogen (secondary N) is 1. The lowest BCUT2D eigenvalue weighted by Gasteiger charge is -2.05. The average Bonchev–Trinajstić information content (AvgIpc) is 3.30. The summed E-state index contributed by atoms with van der Waals surface area (Å²) in [7, 11) is 0. The van der Waals surface area contributed by atoms with E-state index in [0.717, 1.165) is 17.7 Å². The Balaban J connectivity index is 1.52. The summed E-state index contributed by atoms with van der Waals surface area (Å²) in [6.45, 7) is 1.99. The number of rotatable bonds is 4. The standard InChI is InChI=1S/C20H18ClN3OS/c1-12(14-6-5-13-3-2-4-15(13)9-14)23-24-20-22-18(11-26-20)17-10-16(21)7-8-19(17)25/h5-11,25H,2-4H2,1H3,(H,22,24). The van der Waals surface area contributed by atoms with Crippen molar-refractivity contribution < 1.29 is 5.11 Å². The van der Waals surface area contributed by atoms with Crippen LogP contribution in [-0.2, 0) is 12.8 Å². The molecule has 2 N–H and O–H groups in total. The predicted octanol–water partition coefficient (Wildman–Crippen LogP) is 5.49. The van der Waals surface area contributed by atoms with Crippen LogP contribution in [0.5, 0.6) is 5.75 Å². The van der Waals surface area contributed by atoms with Crippen LogP contribution in [0.3, 0.4) is 0 Å². The van der Waals surface area contributed by atoms with Crippen molar-refractivity contribution in [2.45, 2.75) is 26.2 Å². The third kappa shape index (κ3) is 3.45. The number of hydrazone groups is 1. The fraction of sp³-hybridized carbons (Fsp3) is 0.200. The molecule has 26 heavy (non-hydrogen) atoms. The Labute approximate surface area is 161 Å². The van der Waals surface area contributed by atoms with Gasteiger partial charge in [0.2, 0.25) is 5.13 Å². The van der Waals surface area contributed by atoms with Crippen LogP contribution in [0.1, 0.15) is 30.0 Å². The van der Waals surface area contributed by atoms with E-state index in [-0.39, 0.29) is 5.75 Å². The maximum Gasteiger partial charge on any atom is 0.203 e. The summed E-state index contributed by atoms with van der Waals surface area (Å²) in [6.07, 6.45) is 3.58. The van der Waals surface area contributed by atoms with Gasteiger partial charge in [-0.1, -0.05) is 23.7 Å². The Morgan fingerprint density at radius 2 is 2.04 bits per heavy atom. The molecule has 6 heteroatoms. The zero-order chi connectivity index (χ0) is 18.1. The molecule has 3 aromatic rings. The van der Waals surface area contributed by atoms with Gasteiger partial charge in [0, 0.05) is 16.0 Å². The summed E-state index contributed by atoms with van der Waals surface area (Å²) in [5.41, 5.74) is 9.24. The number of phenols is 1. The van der Waals surface area contributed by atoms with E-state index in [1.807, 2.05) is 12.3 Å². The molecule has 4 rings (SSSR count). The fourth-order valence-electron chi connectivity index (χ4n) is 3.16. The van der Waals surface area contributed by atoms with Crippen molar-refractivity contribution in [2.75, 3.05) is 5.43 Å². The molecule has 0 saturated carbocycles. The van der Waals surface area contributed by atoms with Crippen molar-refractivity contribution >= 4 is 33.8 Å². The number of thiazole rings is 1. The Bertz CT molecular complexity index is 996. The molecular formula is C20H18ClN3OS. The van der Waals surface area contributed by atoms with Gasteiger partial charge in [-0.15, -0.1) is 11.3 Å². The number of halogens is 1. The third-order valence-electron chi connectivity index (χ3n) is 4.57. The van der Waals surface area contributed by atoms with Gasteiger partial charge in [-0.25, -0.2) is 4.98 Å². The number of anilines is 1. The summed E-state index contributed by atoms with van der Waals surface area (Å²) >= 11 is 7.44. The second-order valence-corrected chi connectivity index (χ2v) is 7.64. The highest BCUT2D eigenvalue weighted by molar-refractivity contribution is 7.14. The van der Waals surface area contributed by atoms with Gasteiger partial charge < -0.3 is 5.11 Å². The van der Waals surface area contributed by atoms with Crippen LogP contribution >= 0.6 is 22.9 Å². The van der Waals surface area contributed by atoms with E-state index in [9.17, 15) is 5.11 Å². The molecule has 1 aromatic heterocycles. The first-order valence-electron chi connectivity index (χ1n) is 8.47. The van der Waals surface area contributed by atoms with Crippen LogP contribution in [0.2, 0.25) is 5.02 Å². The van der Waals surface area contributed by atoms with E-state index in [4.69, 9.17) is 11.6 Å². The van der Waals surface area contributed by atoms with E-state index in [1.54, 1.807) is 18.2 Å². The Hall–Kier alpha value is -2.37. The first-order chi connectivity index (χ1) is 12.6. The van der Waals surface area contributed by atoms with Gasteiger partial charge in [0.15, 0.2) is 0 Å². The molecule has 0 bridgehead atoms. The van der Waals surface area contributed by atoms with Crippen molar-refractivity contribution in [3.05, 3.63) is 63.5 Å². The van der Waals surface area contributed by atoms with Crippen molar-refractivity contribution in [1.82, 2.24) is 4.98 Å². The third-order valence-corrected chi connectivity index (χ3v) is 5.56. The van der Waals surface area contributed by atoms with Crippen molar-refractivity contribution in [2.24, 2.45) is 5.10 Å². The van der Waals surface area contributed by atoms with Crippen LogP contribution in [0, 0.1) is 0 Å². The number of fused-ring (bicyclic) bond motifs is 1. The molecule has 1 heterocycles. The van der Waals surface area contributed by atoms with E-state index >= 15 is 0 Å². The van der Waals surface area contributed by atoms with Crippen LogP contribution in [0.15, 0.2) is 46.9 Å². The van der Waals surface area contributed by atoms with Crippen LogP contribution in [0.4, 0.5) is 5.13 Å². The van der Waals surface area contributed by atoms with Crippen molar-refractivity contribution in [1.29, 1.82) is 0 Å². The summed E-state index contributed by atoms with van der Waals surface area (Å²) in [5, 5.41) is 17.6. The van der Waals surface area contributed by atoms with Crippen molar-refractivity contribution in [3.8, 4) is 17.0 Å². The molecular weight excluding hydrogens is 366 g/mol. The molecule has 1 aliphatic rings. The molecule has 0 unspecified atom stereocenters. The van der Waals surface area contributed by atoms with Crippen molar-refractivity contribution in [3.63, 3.8) is 0 Å². The van der Waals surface area contributed by atoms with Gasteiger partial charge >= 0.3 is 0 Å². The minimum atomic E-state index is 0.157. The predicted molar refractivity (Wildman–Crippen MR) is 109 cm³/mol. The second-order valence-electron chi connectivity index (χ2n) is 6.35. The zero-order valence-electron chi connectivity index (χ0n) is 14.3. The number of aromatic nitrogens is 1. The molecule has 0 spiro atoms. The average molecular weight is 384 g/mol. The monoisotopic (exact) mass is 383 g/mol. The number of aryl methyl sites for hydroxylation is 2. The molecule has 0 radical (unpaired) electrons. The lowest BCUT2D eigenvalue weighted by Crippen LogP contribution is -2.00. The molecule has 132 valence electrons. The van der Waals surface area contributed by atoms with E-state index in [2.05, 4.69) is 33.7 Å². The summed E-state index contributed by atoms with van der Waals surface area (Å²) < 4.78 is 0. The van der Waals surface area contributed by atoms with E-state index in [0.29, 0.717) is 21.4 Å². The molecule has 1 aliphatic carbocycles. The van der Waals surface area contributed by atoms with Gasteiger partial charge in [-0.05, 0) is 67.1 Å². The second kappa shape index (κ2) is 7.09. The van der Waals surface area contributed by atoms with Gasteiger partial charge in [0.05, 0.1) is 11.4 Å². The largest absolute Gasteiger partial charge is 0.507 e. The van der Waals surface area contributed by atoms with Crippen LogP contribution < -0.4 is 5.43 Å². The van der Waals surface area contributed by atoms with Crippen LogP contribution in [-0.4, -0.2) is 15.8 Å². The summed E-state index contributed by atoms with van der Waals surface area (Å²) in [5.74, 6) is 0.157. The fourth-order valence-corrected chi connectivity index (χ4v) is 3.98. The normalized spacial score (nSPS) is 13.7. The molecule has 0 amide bonds. The summed E-state index contributed by atoms with van der Waals surface area (Å²) in [4.78, 5) is 4.49. The van der Waals surface area contributed by atoms with Gasteiger partial charge in [0.25, 0.3) is 0 Å². The smallest absolute Gasteiger partial charge is 0.203 e. The van der Waals surface area contributed by atoms with Gasteiger partial charge in [-0.2, -0.15) is 5.10 Å². The number of nitrogens with zero attached hydrogens (tertiary/aromatic N) is 2. The van der Waals surface area contributed by atoms with Crippen LogP contribution in [0.25, 0.3) is 11.3 Å². The topological polar surface area (TPSA) is 57.5 Å². The lowest BCUT2D eigenvalue weighted by atomic mass is 10.0. The Morgan fingerprint density at radius 1 is 1.19 bits per heavy atom. The first-order valence-corrected chi connectivity index (χ1v) is 9.73. The minimum absolute atomic E-state index is 0.157. The number of hydrogen-bond acceptors (Lipinski definition) is 5. The highest BCUT2D eigenvalue weighted by Crippen LogP contribution is 2.33. The maximum absolute atomic E-state index is 10.00. The lowest BCUT2D eigenvalue weighted by molar-refractivity contribution is 0.477. The summed E-state index contributed by atoms with van der Waals surface area (Å²) in [6, 6.07) is 11.5.